The van der Waals surface area contributed by atoms with Gasteiger partial charge in [-0.25, -0.2) is 9.18 Å². The third kappa shape index (κ3) is 4.15. The zero-order valence-electron chi connectivity index (χ0n) is 14.5. The standard InChI is InChI=1S/C19H14FNO5S2/c1-25-15-8-11(6-7-14(15)26-10-17(22)23)9-16-18(24)21(19(27)28-16)13-5-3-2-4-12(13)20/h2-9H,10H2,1H3,(H,22,23). The van der Waals surface area contributed by atoms with Gasteiger partial charge in [0.15, 0.2) is 22.4 Å². The molecule has 1 amide bonds. The first-order chi connectivity index (χ1) is 13.4. The van der Waals surface area contributed by atoms with E-state index in [4.69, 9.17) is 26.8 Å². The van der Waals surface area contributed by atoms with Crippen LogP contribution in [-0.4, -0.2) is 35.0 Å². The monoisotopic (exact) mass is 419 g/mol. The van der Waals surface area contributed by atoms with Gasteiger partial charge in [-0.15, -0.1) is 0 Å². The van der Waals surface area contributed by atoms with E-state index in [-0.39, 0.29) is 15.8 Å². The number of carboxylic acids is 1. The fraction of sp³-hybridized carbons (Fsp3) is 0.105. The number of aliphatic carboxylic acids is 1. The Kier molecular flexibility index (Phi) is 5.96. The van der Waals surface area contributed by atoms with Crippen molar-refractivity contribution in [1.82, 2.24) is 0 Å². The van der Waals surface area contributed by atoms with Crippen molar-refractivity contribution in [3.63, 3.8) is 0 Å². The predicted molar refractivity (Wildman–Crippen MR) is 108 cm³/mol. The van der Waals surface area contributed by atoms with Crippen molar-refractivity contribution in [2.24, 2.45) is 0 Å². The highest BCUT2D eigenvalue weighted by Crippen LogP contribution is 2.38. The molecule has 9 heteroatoms. The average Bonchev–Trinajstić information content (AvgIpc) is 2.94. The molecule has 2 aromatic carbocycles. The highest BCUT2D eigenvalue weighted by molar-refractivity contribution is 8.27. The van der Waals surface area contributed by atoms with Crippen molar-refractivity contribution in [3.05, 3.63) is 58.8 Å². The fourth-order valence-corrected chi connectivity index (χ4v) is 3.78. The van der Waals surface area contributed by atoms with Crippen LogP contribution in [0.15, 0.2) is 47.4 Å². The summed E-state index contributed by atoms with van der Waals surface area (Å²) in [6, 6.07) is 10.7. The van der Waals surface area contributed by atoms with E-state index in [0.29, 0.717) is 16.2 Å². The Morgan fingerprint density at radius 1 is 1.29 bits per heavy atom. The number of thioether (sulfide) groups is 1. The first kappa shape index (κ1) is 19.8. The lowest BCUT2D eigenvalue weighted by Crippen LogP contribution is -2.28. The molecule has 1 fully saturated rings. The van der Waals surface area contributed by atoms with E-state index in [1.807, 2.05) is 0 Å². The molecule has 0 aliphatic carbocycles. The number of carbonyl (C=O) groups excluding carboxylic acids is 1. The number of thiocarbonyl (C=S) groups is 1. The average molecular weight is 419 g/mol. The van der Waals surface area contributed by atoms with Crippen LogP contribution in [0.3, 0.4) is 0 Å². The second-order valence-corrected chi connectivity index (χ2v) is 7.24. The normalized spacial score (nSPS) is 15.2. The number of rotatable bonds is 6. The SMILES string of the molecule is COc1cc(C=C2SC(=S)N(c3ccccc3F)C2=O)ccc1OCC(=O)O. The molecule has 6 nitrogen and oxygen atoms in total. The van der Waals surface area contributed by atoms with Crippen molar-refractivity contribution in [2.75, 3.05) is 18.6 Å². The Hall–Kier alpha value is -2.91. The predicted octanol–water partition coefficient (Wildman–Crippen LogP) is 3.70. The van der Waals surface area contributed by atoms with E-state index in [0.717, 1.165) is 16.7 Å². The molecule has 28 heavy (non-hydrogen) atoms. The van der Waals surface area contributed by atoms with Gasteiger partial charge >= 0.3 is 5.97 Å². The molecule has 1 N–H and O–H groups in total. The van der Waals surface area contributed by atoms with Gasteiger partial charge in [0.1, 0.15) is 5.82 Å². The topological polar surface area (TPSA) is 76.1 Å². The van der Waals surface area contributed by atoms with Gasteiger partial charge < -0.3 is 14.6 Å². The number of nitrogens with zero attached hydrogens (tertiary/aromatic N) is 1. The van der Waals surface area contributed by atoms with E-state index in [2.05, 4.69) is 0 Å². The van der Waals surface area contributed by atoms with Crippen LogP contribution >= 0.6 is 24.0 Å². The number of hydrogen-bond acceptors (Lipinski definition) is 6. The zero-order valence-corrected chi connectivity index (χ0v) is 16.2. The van der Waals surface area contributed by atoms with Crippen LogP contribution in [0.5, 0.6) is 11.5 Å². The summed E-state index contributed by atoms with van der Waals surface area (Å²) in [7, 11) is 1.42. The molecular formula is C19H14FNO5S2. The van der Waals surface area contributed by atoms with Crippen LogP contribution < -0.4 is 14.4 Å². The molecule has 0 aromatic heterocycles. The molecule has 0 bridgehead atoms. The van der Waals surface area contributed by atoms with Gasteiger partial charge in [0, 0.05) is 0 Å². The van der Waals surface area contributed by atoms with Crippen LogP contribution in [0.2, 0.25) is 0 Å². The van der Waals surface area contributed by atoms with Gasteiger partial charge in [-0.2, -0.15) is 0 Å². The van der Waals surface area contributed by atoms with Gasteiger partial charge in [0.2, 0.25) is 0 Å². The lowest BCUT2D eigenvalue weighted by Gasteiger charge is -2.14. The summed E-state index contributed by atoms with van der Waals surface area (Å²) in [5.74, 6) is -1.49. The molecule has 1 heterocycles. The number of amides is 1. The summed E-state index contributed by atoms with van der Waals surface area (Å²) in [6.07, 6.45) is 1.60. The van der Waals surface area contributed by atoms with Crippen molar-refractivity contribution in [3.8, 4) is 11.5 Å². The molecule has 1 aliphatic rings. The zero-order chi connectivity index (χ0) is 20.3. The fourth-order valence-electron chi connectivity index (χ4n) is 2.49. The molecular weight excluding hydrogens is 405 g/mol. The Morgan fingerprint density at radius 3 is 2.71 bits per heavy atom. The Labute approximate surface area is 169 Å². The summed E-state index contributed by atoms with van der Waals surface area (Å²) in [4.78, 5) is 24.9. The molecule has 0 saturated carbocycles. The van der Waals surface area contributed by atoms with Crippen molar-refractivity contribution >= 4 is 51.9 Å². The van der Waals surface area contributed by atoms with Gasteiger partial charge in [-0.05, 0) is 35.9 Å². The molecule has 0 spiro atoms. The number of anilines is 1. The minimum atomic E-state index is -1.11. The number of methoxy groups -OCH3 is 1. The van der Waals surface area contributed by atoms with Crippen LogP contribution in [0, 0.1) is 5.82 Å². The Morgan fingerprint density at radius 2 is 2.04 bits per heavy atom. The second kappa shape index (κ2) is 8.41. The molecule has 2 aromatic rings. The van der Waals surface area contributed by atoms with Crippen LogP contribution in [0.4, 0.5) is 10.1 Å². The number of carboxylic acid groups (broad SMARTS) is 1. The smallest absolute Gasteiger partial charge is 0.341 e. The number of para-hydroxylation sites is 1. The second-order valence-electron chi connectivity index (χ2n) is 5.56. The summed E-state index contributed by atoms with van der Waals surface area (Å²) < 4.78 is 24.7. The van der Waals surface area contributed by atoms with Crippen molar-refractivity contribution in [2.45, 2.75) is 0 Å². The molecule has 0 unspecified atom stereocenters. The third-order valence-corrected chi connectivity index (χ3v) is 5.03. The van der Waals surface area contributed by atoms with Gasteiger partial charge in [-0.3, -0.25) is 9.69 Å². The number of ether oxygens (including phenoxy) is 2. The Bertz CT molecular complexity index is 992. The largest absolute Gasteiger partial charge is 0.493 e. The van der Waals surface area contributed by atoms with Gasteiger partial charge in [-0.1, -0.05) is 42.2 Å². The summed E-state index contributed by atoms with van der Waals surface area (Å²) in [5.41, 5.74) is 0.719. The number of benzene rings is 2. The maximum Gasteiger partial charge on any atom is 0.341 e. The molecule has 1 saturated heterocycles. The summed E-state index contributed by atoms with van der Waals surface area (Å²) >= 11 is 6.31. The van der Waals surface area contributed by atoms with Crippen LogP contribution in [-0.2, 0) is 9.59 Å². The van der Waals surface area contributed by atoms with E-state index >= 15 is 0 Å². The van der Waals surface area contributed by atoms with E-state index in [1.165, 1.54) is 25.3 Å². The first-order valence-electron chi connectivity index (χ1n) is 7.96. The molecule has 0 radical (unpaired) electrons. The lowest BCUT2D eigenvalue weighted by atomic mass is 10.2. The van der Waals surface area contributed by atoms with Gasteiger partial charge in [0.05, 0.1) is 17.7 Å². The van der Waals surface area contributed by atoms with Crippen LogP contribution in [0.25, 0.3) is 6.08 Å². The van der Waals surface area contributed by atoms with Crippen LogP contribution in [0.1, 0.15) is 5.56 Å². The number of carbonyl (C=O) groups is 2. The third-order valence-electron chi connectivity index (χ3n) is 3.72. The van der Waals surface area contributed by atoms with Crippen molar-refractivity contribution < 1.29 is 28.6 Å². The minimum Gasteiger partial charge on any atom is -0.493 e. The van der Waals surface area contributed by atoms with E-state index in [1.54, 1.807) is 30.3 Å². The van der Waals surface area contributed by atoms with E-state index < -0.39 is 24.3 Å². The number of hydrogen-bond donors (Lipinski definition) is 1. The maximum atomic E-state index is 14.1. The first-order valence-corrected chi connectivity index (χ1v) is 9.18. The summed E-state index contributed by atoms with van der Waals surface area (Å²) in [5, 5.41) is 8.72. The number of halogens is 1. The highest BCUT2D eigenvalue weighted by atomic mass is 32.2. The minimum absolute atomic E-state index is 0.100. The van der Waals surface area contributed by atoms with Crippen molar-refractivity contribution in [1.29, 1.82) is 0 Å². The summed E-state index contributed by atoms with van der Waals surface area (Å²) in [6.45, 7) is -0.503. The molecule has 0 atom stereocenters. The maximum absolute atomic E-state index is 14.1. The highest BCUT2D eigenvalue weighted by Gasteiger charge is 2.34. The molecule has 144 valence electrons. The molecule has 3 rings (SSSR count). The van der Waals surface area contributed by atoms with Gasteiger partial charge in [0.25, 0.3) is 5.91 Å². The molecule has 1 aliphatic heterocycles. The quantitative estimate of drug-likeness (QED) is 0.565. The Balaban J connectivity index is 1.88. The lowest BCUT2D eigenvalue weighted by molar-refractivity contribution is -0.139. The van der Waals surface area contributed by atoms with E-state index in [9.17, 15) is 14.0 Å².